The van der Waals surface area contributed by atoms with Gasteiger partial charge < -0.3 is 14.6 Å². The van der Waals surface area contributed by atoms with Gasteiger partial charge in [-0.05, 0) is 11.6 Å². The minimum atomic E-state index is -0.525. The standard InChI is InChI=1S/C19H25NO3/c1-22-13-12-20(14-17-10-6-7-11-19(17)23-2)15-18(21)16-8-4-3-5-9-16/h3-11,18,21H,12-15H2,1-2H3. The van der Waals surface area contributed by atoms with Gasteiger partial charge in [-0.2, -0.15) is 0 Å². The van der Waals surface area contributed by atoms with Crippen LogP contribution in [0.5, 0.6) is 5.75 Å². The van der Waals surface area contributed by atoms with E-state index in [2.05, 4.69) is 4.90 Å². The van der Waals surface area contributed by atoms with Gasteiger partial charge in [0.2, 0.25) is 0 Å². The summed E-state index contributed by atoms with van der Waals surface area (Å²) in [6.07, 6.45) is -0.525. The molecule has 4 nitrogen and oxygen atoms in total. The molecule has 2 aromatic rings. The van der Waals surface area contributed by atoms with E-state index in [9.17, 15) is 5.11 Å². The zero-order chi connectivity index (χ0) is 16.5. The lowest BCUT2D eigenvalue weighted by molar-refractivity contribution is 0.0845. The molecule has 0 bridgehead atoms. The Kier molecular flexibility index (Phi) is 7.07. The predicted molar refractivity (Wildman–Crippen MR) is 91.5 cm³/mol. The third-order valence-corrected chi connectivity index (χ3v) is 3.81. The zero-order valence-electron chi connectivity index (χ0n) is 13.8. The highest BCUT2D eigenvalue weighted by molar-refractivity contribution is 5.33. The monoisotopic (exact) mass is 315 g/mol. The second-order valence-electron chi connectivity index (χ2n) is 5.47. The van der Waals surface area contributed by atoms with Crippen molar-refractivity contribution in [2.75, 3.05) is 33.9 Å². The predicted octanol–water partition coefficient (Wildman–Crippen LogP) is 2.88. The first kappa shape index (κ1) is 17.5. The number of benzene rings is 2. The van der Waals surface area contributed by atoms with Crippen molar-refractivity contribution in [3.8, 4) is 5.75 Å². The van der Waals surface area contributed by atoms with Gasteiger partial charge in [0, 0.05) is 32.3 Å². The van der Waals surface area contributed by atoms with Crippen molar-refractivity contribution >= 4 is 0 Å². The van der Waals surface area contributed by atoms with Crippen LogP contribution in [0.25, 0.3) is 0 Å². The van der Waals surface area contributed by atoms with Gasteiger partial charge in [0.05, 0.1) is 19.8 Å². The van der Waals surface area contributed by atoms with Crippen molar-refractivity contribution in [3.05, 3.63) is 65.7 Å². The zero-order valence-corrected chi connectivity index (χ0v) is 13.8. The maximum atomic E-state index is 10.5. The van der Waals surface area contributed by atoms with E-state index >= 15 is 0 Å². The third kappa shape index (κ3) is 5.36. The molecule has 0 aliphatic carbocycles. The number of aliphatic hydroxyl groups is 1. The van der Waals surface area contributed by atoms with Crippen LogP contribution in [0, 0.1) is 0 Å². The second kappa shape index (κ2) is 9.30. The van der Waals surface area contributed by atoms with Crippen LogP contribution in [0.15, 0.2) is 54.6 Å². The molecule has 0 saturated carbocycles. The molecule has 0 spiro atoms. The largest absolute Gasteiger partial charge is 0.496 e. The van der Waals surface area contributed by atoms with Crippen molar-refractivity contribution in [2.24, 2.45) is 0 Å². The van der Waals surface area contributed by atoms with Crippen LogP contribution in [-0.2, 0) is 11.3 Å². The van der Waals surface area contributed by atoms with Crippen molar-refractivity contribution in [3.63, 3.8) is 0 Å². The van der Waals surface area contributed by atoms with Crippen molar-refractivity contribution in [2.45, 2.75) is 12.6 Å². The van der Waals surface area contributed by atoms with Gasteiger partial charge in [-0.15, -0.1) is 0 Å². The molecule has 0 aliphatic rings. The highest BCUT2D eigenvalue weighted by atomic mass is 16.5. The molecule has 0 aliphatic heterocycles. The average molecular weight is 315 g/mol. The molecular formula is C19H25NO3. The van der Waals surface area contributed by atoms with Gasteiger partial charge in [-0.3, -0.25) is 4.90 Å². The van der Waals surface area contributed by atoms with Crippen LogP contribution < -0.4 is 4.74 Å². The summed E-state index contributed by atoms with van der Waals surface area (Å²) in [6.45, 7) is 2.62. The fourth-order valence-corrected chi connectivity index (χ4v) is 2.55. The van der Waals surface area contributed by atoms with Gasteiger partial charge >= 0.3 is 0 Å². The molecular weight excluding hydrogens is 290 g/mol. The normalized spacial score (nSPS) is 12.3. The molecule has 2 aromatic carbocycles. The average Bonchev–Trinajstić information content (AvgIpc) is 2.60. The Morgan fingerprint density at radius 2 is 1.70 bits per heavy atom. The number of methoxy groups -OCH3 is 2. The first-order valence-electron chi connectivity index (χ1n) is 7.80. The Morgan fingerprint density at radius 1 is 1.00 bits per heavy atom. The van der Waals surface area contributed by atoms with Crippen LogP contribution >= 0.6 is 0 Å². The van der Waals surface area contributed by atoms with Crippen LogP contribution in [-0.4, -0.2) is 43.9 Å². The Morgan fingerprint density at radius 3 is 2.39 bits per heavy atom. The summed E-state index contributed by atoms with van der Waals surface area (Å²) in [5.74, 6) is 0.865. The fraction of sp³-hybridized carbons (Fsp3) is 0.368. The number of ether oxygens (including phenoxy) is 2. The van der Waals surface area contributed by atoms with E-state index in [0.29, 0.717) is 19.7 Å². The summed E-state index contributed by atoms with van der Waals surface area (Å²) in [5.41, 5.74) is 2.03. The number of nitrogens with zero attached hydrogens (tertiary/aromatic N) is 1. The lowest BCUT2D eigenvalue weighted by atomic mass is 10.1. The first-order valence-corrected chi connectivity index (χ1v) is 7.80. The van der Waals surface area contributed by atoms with Crippen molar-refractivity contribution in [1.82, 2.24) is 4.90 Å². The lowest BCUT2D eigenvalue weighted by Crippen LogP contribution is -2.31. The van der Waals surface area contributed by atoms with E-state index in [4.69, 9.17) is 9.47 Å². The smallest absolute Gasteiger partial charge is 0.123 e. The number of hydrogen-bond acceptors (Lipinski definition) is 4. The van der Waals surface area contributed by atoms with Gasteiger partial charge in [0.15, 0.2) is 0 Å². The van der Waals surface area contributed by atoms with Crippen LogP contribution in [0.1, 0.15) is 17.2 Å². The maximum absolute atomic E-state index is 10.5. The lowest BCUT2D eigenvalue weighted by Gasteiger charge is -2.25. The van der Waals surface area contributed by atoms with Gasteiger partial charge in [-0.1, -0.05) is 48.5 Å². The number of rotatable bonds is 9. The van der Waals surface area contributed by atoms with Gasteiger partial charge in [0.25, 0.3) is 0 Å². The Bertz CT molecular complexity index is 574. The molecule has 124 valence electrons. The van der Waals surface area contributed by atoms with E-state index in [1.807, 2.05) is 54.6 Å². The molecule has 0 saturated heterocycles. The topological polar surface area (TPSA) is 41.9 Å². The summed E-state index contributed by atoms with van der Waals surface area (Å²) in [5, 5.41) is 10.5. The molecule has 0 amide bonds. The summed E-state index contributed by atoms with van der Waals surface area (Å²) < 4.78 is 10.6. The van der Waals surface area contributed by atoms with E-state index in [1.54, 1.807) is 14.2 Å². The number of para-hydroxylation sites is 1. The van der Waals surface area contributed by atoms with E-state index in [1.165, 1.54) is 0 Å². The van der Waals surface area contributed by atoms with Gasteiger partial charge in [0.1, 0.15) is 5.75 Å². The molecule has 4 heteroatoms. The van der Waals surface area contributed by atoms with Gasteiger partial charge in [-0.25, -0.2) is 0 Å². The summed E-state index contributed by atoms with van der Waals surface area (Å²) in [6, 6.07) is 17.7. The molecule has 1 unspecified atom stereocenters. The van der Waals surface area contributed by atoms with Crippen molar-refractivity contribution < 1.29 is 14.6 Å². The minimum Gasteiger partial charge on any atom is -0.496 e. The van der Waals surface area contributed by atoms with Crippen LogP contribution in [0.3, 0.4) is 0 Å². The summed E-state index contributed by atoms with van der Waals surface area (Å²) >= 11 is 0. The van der Waals surface area contributed by atoms with Crippen LogP contribution in [0.4, 0.5) is 0 Å². The highest BCUT2D eigenvalue weighted by Crippen LogP contribution is 2.21. The Balaban J connectivity index is 2.07. The molecule has 23 heavy (non-hydrogen) atoms. The Labute approximate surface area is 138 Å². The molecule has 0 fully saturated rings. The molecule has 1 atom stereocenters. The summed E-state index contributed by atoms with van der Waals surface area (Å²) in [7, 11) is 3.37. The first-order chi connectivity index (χ1) is 11.2. The minimum absolute atomic E-state index is 0.525. The SMILES string of the molecule is COCCN(Cc1ccccc1OC)CC(O)c1ccccc1. The number of aliphatic hydroxyl groups excluding tert-OH is 1. The molecule has 2 rings (SSSR count). The number of hydrogen-bond donors (Lipinski definition) is 1. The van der Waals surface area contributed by atoms with E-state index in [-0.39, 0.29) is 0 Å². The quantitative estimate of drug-likeness (QED) is 0.772. The molecule has 0 heterocycles. The molecule has 1 N–H and O–H groups in total. The second-order valence-corrected chi connectivity index (χ2v) is 5.47. The van der Waals surface area contributed by atoms with Crippen LogP contribution in [0.2, 0.25) is 0 Å². The van der Waals surface area contributed by atoms with E-state index in [0.717, 1.165) is 23.4 Å². The molecule has 0 radical (unpaired) electrons. The third-order valence-electron chi connectivity index (χ3n) is 3.81. The Hall–Kier alpha value is -1.88. The van der Waals surface area contributed by atoms with E-state index < -0.39 is 6.10 Å². The summed E-state index contributed by atoms with van der Waals surface area (Å²) in [4.78, 5) is 2.18. The molecule has 0 aromatic heterocycles. The maximum Gasteiger partial charge on any atom is 0.123 e. The fourth-order valence-electron chi connectivity index (χ4n) is 2.55. The van der Waals surface area contributed by atoms with Crippen molar-refractivity contribution in [1.29, 1.82) is 0 Å². The highest BCUT2D eigenvalue weighted by Gasteiger charge is 2.15.